The molecular weight excluding hydrogens is 449 g/mol. The van der Waals surface area contributed by atoms with Crippen LogP contribution in [0.4, 0.5) is 4.39 Å². The molecule has 0 saturated carbocycles. The molecule has 1 aromatic heterocycles. The average molecular weight is 478 g/mol. The Morgan fingerprint density at radius 3 is 2.30 bits per heavy atom. The molecule has 0 aliphatic heterocycles. The summed E-state index contributed by atoms with van der Waals surface area (Å²) in [6, 6.07) is 12.3. The lowest BCUT2D eigenvalue weighted by Gasteiger charge is -2.27. The average Bonchev–Trinajstić information content (AvgIpc) is 3.21. The SMILES string of the molecule is Cc1cn(C[C@H](O)COc2ccc(C(C)(C)c3ccc(OC[C@H](O)CCl)c(F)c3)cc2)nn1. The molecule has 3 rings (SSSR count). The Balaban J connectivity index is 1.61. The van der Waals surface area contributed by atoms with Crippen molar-refractivity contribution in [1.29, 1.82) is 0 Å². The molecule has 0 radical (unpaired) electrons. The Bertz CT molecular complexity index is 1040. The predicted octanol–water partition coefficient (Wildman–Crippen LogP) is 3.47. The zero-order valence-electron chi connectivity index (χ0n) is 18.9. The first-order valence-electron chi connectivity index (χ1n) is 10.6. The molecule has 0 unspecified atom stereocenters. The first kappa shape index (κ1) is 25.0. The van der Waals surface area contributed by atoms with E-state index in [1.807, 2.05) is 45.0 Å². The Morgan fingerprint density at radius 2 is 1.70 bits per heavy atom. The van der Waals surface area contributed by atoms with Crippen molar-refractivity contribution in [2.75, 3.05) is 19.1 Å². The highest BCUT2D eigenvalue weighted by Crippen LogP contribution is 2.34. The van der Waals surface area contributed by atoms with Gasteiger partial charge in [-0.15, -0.1) is 16.7 Å². The normalized spacial score (nSPS) is 13.5. The van der Waals surface area contributed by atoms with Crippen molar-refractivity contribution in [3.05, 3.63) is 71.3 Å². The van der Waals surface area contributed by atoms with E-state index < -0.39 is 23.4 Å². The highest BCUT2D eigenvalue weighted by atomic mass is 35.5. The van der Waals surface area contributed by atoms with E-state index in [2.05, 4.69) is 10.3 Å². The Kier molecular flexibility index (Phi) is 8.29. The third-order valence-electron chi connectivity index (χ3n) is 5.33. The van der Waals surface area contributed by atoms with Crippen molar-refractivity contribution >= 4 is 11.6 Å². The predicted molar refractivity (Wildman–Crippen MR) is 123 cm³/mol. The third-order valence-corrected chi connectivity index (χ3v) is 5.69. The molecule has 9 heteroatoms. The molecular formula is C24H29ClFN3O4. The summed E-state index contributed by atoms with van der Waals surface area (Å²) >= 11 is 5.54. The van der Waals surface area contributed by atoms with E-state index in [1.54, 1.807) is 23.0 Å². The number of hydrogen-bond donors (Lipinski definition) is 2. The van der Waals surface area contributed by atoms with Gasteiger partial charge in [-0.25, -0.2) is 9.07 Å². The van der Waals surface area contributed by atoms with E-state index in [0.29, 0.717) is 12.3 Å². The van der Waals surface area contributed by atoms with Gasteiger partial charge in [-0.1, -0.05) is 37.3 Å². The van der Waals surface area contributed by atoms with Gasteiger partial charge in [-0.3, -0.25) is 0 Å². The fourth-order valence-corrected chi connectivity index (χ4v) is 3.41. The minimum atomic E-state index is -0.851. The summed E-state index contributed by atoms with van der Waals surface area (Å²) in [6.07, 6.45) is 0.178. The highest BCUT2D eigenvalue weighted by Gasteiger charge is 2.24. The van der Waals surface area contributed by atoms with E-state index in [-0.39, 0.29) is 24.8 Å². The first-order chi connectivity index (χ1) is 15.7. The van der Waals surface area contributed by atoms with E-state index in [9.17, 15) is 14.6 Å². The topological polar surface area (TPSA) is 89.6 Å². The van der Waals surface area contributed by atoms with Gasteiger partial charge in [0.05, 0.1) is 18.1 Å². The van der Waals surface area contributed by atoms with Gasteiger partial charge in [0.2, 0.25) is 0 Å². The highest BCUT2D eigenvalue weighted by molar-refractivity contribution is 6.18. The molecule has 2 N–H and O–H groups in total. The quantitative estimate of drug-likeness (QED) is 0.411. The molecule has 0 aliphatic carbocycles. The summed E-state index contributed by atoms with van der Waals surface area (Å²) in [5.74, 6) is 0.213. The van der Waals surface area contributed by atoms with Crippen LogP contribution in [0.2, 0.25) is 0 Å². The number of aryl methyl sites for hydroxylation is 1. The fourth-order valence-electron chi connectivity index (χ4n) is 3.32. The Morgan fingerprint density at radius 1 is 1.03 bits per heavy atom. The van der Waals surface area contributed by atoms with Crippen LogP contribution in [0.3, 0.4) is 0 Å². The lowest BCUT2D eigenvalue weighted by Crippen LogP contribution is -2.24. The second-order valence-electron chi connectivity index (χ2n) is 8.46. The Hall–Kier alpha value is -2.68. The third kappa shape index (κ3) is 6.66. The maximum Gasteiger partial charge on any atom is 0.165 e. The van der Waals surface area contributed by atoms with Crippen LogP contribution in [-0.4, -0.2) is 56.5 Å². The molecule has 0 fully saturated rings. The van der Waals surface area contributed by atoms with Gasteiger partial charge >= 0.3 is 0 Å². The van der Waals surface area contributed by atoms with Gasteiger partial charge in [0.15, 0.2) is 11.6 Å². The number of benzene rings is 2. The minimum Gasteiger partial charge on any atom is -0.491 e. The molecule has 0 amide bonds. The molecule has 0 aliphatic rings. The fraction of sp³-hybridized carbons (Fsp3) is 0.417. The first-order valence-corrected chi connectivity index (χ1v) is 11.2. The second-order valence-corrected chi connectivity index (χ2v) is 8.77. The largest absolute Gasteiger partial charge is 0.491 e. The Labute approximate surface area is 197 Å². The van der Waals surface area contributed by atoms with Crippen molar-refractivity contribution in [2.45, 2.75) is 44.9 Å². The summed E-state index contributed by atoms with van der Waals surface area (Å²) < 4.78 is 27.1. The number of hydrogen-bond acceptors (Lipinski definition) is 6. The molecule has 2 aromatic carbocycles. The number of aromatic nitrogens is 3. The standard InChI is InChI=1S/C24H29ClFN3O4/c1-16-12-29(28-27-16)13-20(31)15-32-21-7-4-17(5-8-21)24(2,3)18-6-9-23(22(26)10-18)33-14-19(30)11-25/h4-10,12,19-20,30-31H,11,13-15H2,1-3H3/t19-,20+/m1/s1. The van der Waals surface area contributed by atoms with Gasteiger partial charge in [-0.2, -0.15) is 0 Å². The van der Waals surface area contributed by atoms with Crippen LogP contribution in [-0.2, 0) is 12.0 Å². The minimum absolute atomic E-state index is 0.0208. The lowest BCUT2D eigenvalue weighted by atomic mass is 9.78. The van der Waals surface area contributed by atoms with E-state index >= 15 is 0 Å². The maximum atomic E-state index is 14.6. The van der Waals surface area contributed by atoms with Crippen molar-refractivity contribution in [1.82, 2.24) is 15.0 Å². The number of ether oxygens (including phenoxy) is 2. The number of rotatable bonds is 11. The molecule has 7 nitrogen and oxygen atoms in total. The molecule has 2 atom stereocenters. The van der Waals surface area contributed by atoms with Crippen molar-refractivity contribution in [2.24, 2.45) is 0 Å². The zero-order chi connectivity index (χ0) is 24.0. The number of nitrogens with zero attached hydrogens (tertiary/aromatic N) is 3. The summed E-state index contributed by atoms with van der Waals surface area (Å²) in [7, 11) is 0. The van der Waals surface area contributed by atoms with E-state index in [0.717, 1.165) is 16.8 Å². The summed E-state index contributed by atoms with van der Waals surface area (Å²) in [4.78, 5) is 0. The molecule has 3 aromatic rings. The van der Waals surface area contributed by atoms with Gasteiger partial charge in [0.1, 0.15) is 31.2 Å². The molecule has 0 spiro atoms. The molecule has 0 saturated heterocycles. The van der Waals surface area contributed by atoms with Crippen LogP contribution in [0, 0.1) is 12.7 Å². The van der Waals surface area contributed by atoms with Crippen LogP contribution in [0.15, 0.2) is 48.7 Å². The molecule has 0 bridgehead atoms. The number of alkyl halides is 1. The van der Waals surface area contributed by atoms with Crippen LogP contribution in [0.5, 0.6) is 11.5 Å². The summed E-state index contributed by atoms with van der Waals surface area (Å²) in [5.41, 5.74) is 2.06. The lowest BCUT2D eigenvalue weighted by molar-refractivity contribution is 0.0888. The molecule has 178 valence electrons. The monoisotopic (exact) mass is 477 g/mol. The smallest absolute Gasteiger partial charge is 0.165 e. The van der Waals surface area contributed by atoms with Crippen LogP contribution in [0.25, 0.3) is 0 Å². The van der Waals surface area contributed by atoms with Gasteiger partial charge < -0.3 is 19.7 Å². The van der Waals surface area contributed by atoms with E-state index in [4.69, 9.17) is 21.1 Å². The van der Waals surface area contributed by atoms with Gasteiger partial charge in [0.25, 0.3) is 0 Å². The molecule has 1 heterocycles. The zero-order valence-corrected chi connectivity index (χ0v) is 19.7. The van der Waals surface area contributed by atoms with Crippen LogP contribution >= 0.6 is 11.6 Å². The van der Waals surface area contributed by atoms with Crippen LogP contribution < -0.4 is 9.47 Å². The van der Waals surface area contributed by atoms with E-state index in [1.165, 1.54) is 6.07 Å². The number of aliphatic hydroxyl groups is 2. The number of halogens is 2. The second kappa shape index (κ2) is 11.0. The van der Waals surface area contributed by atoms with Gasteiger partial charge in [-0.05, 0) is 42.3 Å². The van der Waals surface area contributed by atoms with Crippen molar-refractivity contribution < 1.29 is 24.1 Å². The number of aliphatic hydroxyl groups excluding tert-OH is 2. The summed E-state index contributed by atoms with van der Waals surface area (Å²) in [6.45, 7) is 6.17. The maximum absolute atomic E-state index is 14.6. The summed E-state index contributed by atoms with van der Waals surface area (Å²) in [5, 5.41) is 27.5. The van der Waals surface area contributed by atoms with Crippen molar-refractivity contribution in [3.8, 4) is 11.5 Å². The van der Waals surface area contributed by atoms with Crippen LogP contribution in [0.1, 0.15) is 30.7 Å². The van der Waals surface area contributed by atoms with Gasteiger partial charge in [0, 0.05) is 11.6 Å². The molecule has 33 heavy (non-hydrogen) atoms. The van der Waals surface area contributed by atoms with Crippen molar-refractivity contribution in [3.63, 3.8) is 0 Å².